The van der Waals surface area contributed by atoms with Gasteiger partial charge in [-0.05, 0) is 12.8 Å². The van der Waals surface area contributed by atoms with Crippen molar-refractivity contribution in [1.29, 1.82) is 0 Å². The van der Waals surface area contributed by atoms with Gasteiger partial charge in [-0.1, -0.05) is 0 Å². The Morgan fingerprint density at radius 1 is 1.46 bits per heavy atom. The SMILES string of the molecule is CN(C1CC(N)C1)S(=O)(=O)C(F)F. The molecule has 0 unspecified atom stereocenters. The lowest BCUT2D eigenvalue weighted by atomic mass is 9.88. The summed E-state index contributed by atoms with van der Waals surface area (Å²) in [6.45, 7) is 0. The number of alkyl halides is 2. The molecule has 0 bridgehead atoms. The highest BCUT2D eigenvalue weighted by atomic mass is 32.2. The maximum Gasteiger partial charge on any atom is 0.350 e. The van der Waals surface area contributed by atoms with Gasteiger partial charge in [-0.3, -0.25) is 0 Å². The van der Waals surface area contributed by atoms with Crippen molar-refractivity contribution in [3.8, 4) is 0 Å². The Morgan fingerprint density at radius 3 is 2.23 bits per heavy atom. The van der Waals surface area contributed by atoms with Gasteiger partial charge in [0.15, 0.2) is 0 Å². The minimum atomic E-state index is -4.42. The van der Waals surface area contributed by atoms with Crippen LogP contribution in [-0.2, 0) is 10.0 Å². The molecular weight excluding hydrogens is 202 g/mol. The molecule has 13 heavy (non-hydrogen) atoms. The molecule has 4 nitrogen and oxygen atoms in total. The largest absolute Gasteiger partial charge is 0.350 e. The van der Waals surface area contributed by atoms with Crippen LogP contribution < -0.4 is 5.73 Å². The monoisotopic (exact) mass is 214 g/mol. The summed E-state index contributed by atoms with van der Waals surface area (Å²) < 4.78 is 46.6. The maximum absolute atomic E-state index is 12.0. The van der Waals surface area contributed by atoms with Gasteiger partial charge < -0.3 is 5.73 Å². The van der Waals surface area contributed by atoms with E-state index in [2.05, 4.69) is 0 Å². The summed E-state index contributed by atoms with van der Waals surface area (Å²) in [7, 11) is -3.25. The number of rotatable bonds is 3. The van der Waals surface area contributed by atoms with Gasteiger partial charge in [-0.15, -0.1) is 0 Å². The molecule has 0 heterocycles. The van der Waals surface area contributed by atoms with Crippen LogP contribution in [0.1, 0.15) is 12.8 Å². The van der Waals surface area contributed by atoms with E-state index in [1.807, 2.05) is 0 Å². The molecule has 0 aromatic heterocycles. The second-order valence-electron chi connectivity index (χ2n) is 3.21. The molecule has 78 valence electrons. The smallest absolute Gasteiger partial charge is 0.328 e. The molecule has 0 radical (unpaired) electrons. The highest BCUT2D eigenvalue weighted by molar-refractivity contribution is 7.89. The van der Waals surface area contributed by atoms with Gasteiger partial charge in [0.05, 0.1) is 0 Å². The van der Waals surface area contributed by atoms with E-state index < -0.39 is 15.8 Å². The number of sulfonamides is 1. The molecule has 0 aromatic carbocycles. The first-order chi connectivity index (χ1) is 5.85. The fourth-order valence-corrected chi connectivity index (χ4v) is 2.10. The minimum Gasteiger partial charge on any atom is -0.328 e. The van der Waals surface area contributed by atoms with E-state index in [0.29, 0.717) is 12.8 Å². The van der Waals surface area contributed by atoms with Crippen molar-refractivity contribution in [2.75, 3.05) is 7.05 Å². The summed E-state index contributed by atoms with van der Waals surface area (Å²) in [5, 5.41) is 0. The summed E-state index contributed by atoms with van der Waals surface area (Å²) in [6, 6.07) is -0.408. The summed E-state index contributed by atoms with van der Waals surface area (Å²) in [5.41, 5.74) is 5.42. The standard InChI is InChI=1S/C6H12F2N2O2S/c1-10(5-2-4(9)3-5)13(11,12)6(7)8/h4-6H,2-3,9H2,1H3. The van der Waals surface area contributed by atoms with Crippen molar-refractivity contribution >= 4 is 10.0 Å². The zero-order valence-electron chi connectivity index (χ0n) is 7.15. The van der Waals surface area contributed by atoms with Crippen molar-refractivity contribution < 1.29 is 17.2 Å². The Morgan fingerprint density at radius 2 is 1.92 bits per heavy atom. The molecule has 1 aliphatic rings. The van der Waals surface area contributed by atoms with Crippen molar-refractivity contribution in [1.82, 2.24) is 4.31 Å². The first-order valence-electron chi connectivity index (χ1n) is 3.86. The van der Waals surface area contributed by atoms with Crippen LogP contribution in [0.4, 0.5) is 8.78 Å². The normalized spacial score (nSPS) is 29.4. The third-order valence-corrected chi connectivity index (χ3v) is 3.84. The van der Waals surface area contributed by atoms with Crippen LogP contribution in [0.15, 0.2) is 0 Å². The van der Waals surface area contributed by atoms with Crippen LogP contribution in [0.5, 0.6) is 0 Å². The fraction of sp³-hybridized carbons (Fsp3) is 1.00. The molecule has 0 saturated heterocycles. The lowest BCUT2D eigenvalue weighted by molar-refractivity contribution is 0.182. The van der Waals surface area contributed by atoms with Crippen LogP contribution >= 0.6 is 0 Å². The molecule has 0 atom stereocenters. The van der Waals surface area contributed by atoms with Gasteiger partial charge in [0.25, 0.3) is 10.0 Å². The third kappa shape index (κ3) is 1.97. The Kier molecular flexibility index (Phi) is 2.88. The number of nitrogens with zero attached hydrogens (tertiary/aromatic N) is 1. The Labute approximate surface area is 75.7 Å². The average molecular weight is 214 g/mol. The number of halogens is 2. The zero-order valence-corrected chi connectivity index (χ0v) is 7.97. The summed E-state index contributed by atoms with van der Waals surface area (Å²) in [4.78, 5) is 0. The molecule has 0 aromatic rings. The molecule has 1 aliphatic carbocycles. The second kappa shape index (κ2) is 3.47. The molecule has 1 saturated carbocycles. The first-order valence-corrected chi connectivity index (χ1v) is 5.36. The first kappa shape index (κ1) is 10.8. The number of nitrogens with two attached hydrogens (primary N) is 1. The molecule has 1 fully saturated rings. The molecule has 0 aliphatic heterocycles. The fourth-order valence-electron chi connectivity index (χ4n) is 1.26. The van der Waals surface area contributed by atoms with Crippen molar-refractivity contribution in [3.63, 3.8) is 0 Å². The molecule has 0 amide bonds. The van der Waals surface area contributed by atoms with Crippen molar-refractivity contribution in [2.24, 2.45) is 5.73 Å². The highest BCUT2D eigenvalue weighted by Gasteiger charge is 2.39. The van der Waals surface area contributed by atoms with E-state index >= 15 is 0 Å². The molecule has 7 heteroatoms. The van der Waals surface area contributed by atoms with Crippen LogP contribution in [-0.4, -0.2) is 37.6 Å². The Balaban J connectivity index is 2.63. The van der Waals surface area contributed by atoms with Crippen LogP contribution in [0.25, 0.3) is 0 Å². The van der Waals surface area contributed by atoms with E-state index in [9.17, 15) is 17.2 Å². The van der Waals surface area contributed by atoms with Gasteiger partial charge in [0, 0.05) is 19.1 Å². The van der Waals surface area contributed by atoms with Crippen LogP contribution in [0, 0.1) is 0 Å². The lowest BCUT2D eigenvalue weighted by Gasteiger charge is -2.38. The predicted octanol–water partition coefficient (Wildman–Crippen LogP) is -0.0397. The van der Waals surface area contributed by atoms with Gasteiger partial charge >= 0.3 is 5.76 Å². The molecule has 2 N–H and O–H groups in total. The summed E-state index contributed by atoms with van der Waals surface area (Å²) in [5.74, 6) is -3.34. The topological polar surface area (TPSA) is 63.4 Å². The maximum atomic E-state index is 12.0. The number of hydrogen-bond acceptors (Lipinski definition) is 3. The van der Waals surface area contributed by atoms with Gasteiger partial charge in [-0.25, -0.2) is 8.42 Å². The lowest BCUT2D eigenvalue weighted by Crippen LogP contribution is -2.52. The molecule has 1 rings (SSSR count). The predicted molar refractivity (Wildman–Crippen MR) is 43.7 cm³/mol. The van der Waals surface area contributed by atoms with Crippen LogP contribution in [0.2, 0.25) is 0 Å². The Bertz CT molecular complexity index is 274. The van der Waals surface area contributed by atoms with E-state index in [4.69, 9.17) is 5.73 Å². The second-order valence-corrected chi connectivity index (χ2v) is 5.17. The van der Waals surface area contributed by atoms with E-state index in [1.165, 1.54) is 0 Å². The molecule has 0 spiro atoms. The zero-order chi connectivity index (χ0) is 10.2. The van der Waals surface area contributed by atoms with Crippen molar-refractivity contribution in [2.45, 2.75) is 30.7 Å². The van der Waals surface area contributed by atoms with E-state index in [-0.39, 0.29) is 12.1 Å². The van der Waals surface area contributed by atoms with Crippen molar-refractivity contribution in [3.05, 3.63) is 0 Å². The van der Waals surface area contributed by atoms with Gasteiger partial charge in [-0.2, -0.15) is 13.1 Å². The van der Waals surface area contributed by atoms with E-state index in [0.717, 1.165) is 11.4 Å². The minimum absolute atomic E-state index is 0.0553. The highest BCUT2D eigenvalue weighted by Crippen LogP contribution is 2.26. The van der Waals surface area contributed by atoms with Gasteiger partial charge in [0.1, 0.15) is 0 Å². The third-order valence-electron chi connectivity index (χ3n) is 2.29. The van der Waals surface area contributed by atoms with Gasteiger partial charge in [0.2, 0.25) is 0 Å². The quantitative estimate of drug-likeness (QED) is 0.717. The molecular formula is C6H12F2N2O2S. The average Bonchev–Trinajstić information content (AvgIpc) is 1.97. The van der Waals surface area contributed by atoms with E-state index in [1.54, 1.807) is 0 Å². The Hall–Kier alpha value is -0.270. The summed E-state index contributed by atoms with van der Waals surface area (Å²) in [6.07, 6.45) is 0.922. The summed E-state index contributed by atoms with van der Waals surface area (Å²) >= 11 is 0. The van der Waals surface area contributed by atoms with Crippen LogP contribution in [0.3, 0.4) is 0 Å². The number of hydrogen-bond donors (Lipinski definition) is 1.